The van der Waals surface area contributed by atoms with Gasteiger partial charge in [-0.3, -0.25) is 0 Å². The number of piperidine rings is 1. The third kappa shape index (κ3) is 5.25. The number of sulfonamides is 1. The third-order valence-electron chi connectivity index (χ3n) is 5.21. The molecule has 1 fully saturated rings. The predicted octanol–water partition coefficient (Wildman–Crippen LogP) is 2.89. The van der Waals surface area contributed by atoms with E-state index in [2.05, 4.69) is 30.0 Å². The van der Waals surface area contributed by atoms with Crippen LogP contribution in [-0.4, -0.2) is 57.1 Å². The fourth-order valence-electron chi connectivity index (χ4n) is 3.17. The van der Waals surface area contributed by atoms with Crippen molar-refractivity contribution in [2.75, 3.05) is 18.8 Å². The van der Waals surface area contributed by atoms with Crippen LogP contribution in [0.25, 0.3) is 5.52 Å². The number of alkyl halides is 3. The second-order valence-electron chi connectivity index (χ2n) is 7.74. The minimum Gasteiger partial charge on any atom is -0.392 e. The maximum absolute atomic E-state index is 12.0. The number of fused-ring (bicyclic) bond motifs is 1. The van der Waals surface area contributed by atoms with E-state index in [4.69, 9.17) is 22.4 Å². The molecule has 2 unspecified atom stereocenters. The zero-order valence-corrected chi connectivity index (χ0v) is 19.2. The Hall–Kier alpha value is -2.14. The third-order valence-corrected chi connectivity index (χ3v) is 7.19. The lowest BCUT2D eigenvalue weighted by Gasteiger charge is -2.29. The monoisotopic (exact) mass is 496 g/mol. The summed E-state index contributed by atoms with van der Waals surface area (Å²) < 4.78 is 59.7. The molecular formula is C18H24ClF3N6O3S. The number of nitrogen functional groups attached to an aromatic ring is 1. The van der Waals surface area contributed by atoms with Crippen LogP contribution < -0.4 is 5.73 Å². The first-order chi connectivity index (χ1) is 14.7. The lowest BCUT2D eigenvalue weighted by Crippen LogP contribution is -2.47. The summed E-state index contributed by atoms with van der Waals surface area (Å²) in [5.74, 6) is 0.673. The number of nitriles is 1. The first-order valence-corrected chi connectivity index (χ1v) is 11.5. The Kier molecular flexibility index (Phi) is 7.98. The molecule has 3 N–H and O–H groups in total. The maximum Gasteiger partial charge on any atom is 0.511 e. The van der Waals surface area contributed by atoms with Gasteiger partial charge >= 0.3 is 15.5 Å². The molecule has 1 saturated heterocycles. The van der Waals surface area contributed by atoms with Crippen molar-refractivity contribution in [3.63, 3.8) is 0 Å². The molecule has 3 rings (SSSR count). The summed E-state index contributed by atoms with van der Waals surface area (Å²) in [6, 6.07) is 2.15. The van der Waals surface area contributed by atoms with Crippen molar-refractivity contribution in [2.45, 2.75) is 51.1 Å². The van der Waals surface area contributed by atoms with Crippen molar-refractivity contribution >= 4 is 33.1 Å². The van der Waals surface area contributed by atoms with Gasteiger partial charge in [-0.15, -0.1) is 5.10 Å². The Labute approximate surface area is 188 Å². The molecule has 0 radical (unpaired) electrons. The Bertz CT molecular complexity index is 1110. The van der Waals surface area contributed by atoms with Crippen LogP contribution in [-0.2, 0) is 10.0 Å². The molecule has 0 aliphatic carbocycles. The van der Waals surface area contributed by atoms with Crippen molar-refractivity contribution in [2.24, 2.45) is 5.92 Å². The summed E-state index contributed by atoms with van der Waals surface area (Å²) in [6.45, 7) is 5.57. The predicted molar refractivity (Wildman–Crippen MR) is 112 cm³/mol. The number of halogens is 4. The van der Waals surface area contributed by atoms with Gasteiger partial charge in [0.2, 0.25) is 5.95 Å². The molecule has 0 spiro atoms. The van der Waals surface area contributed by atoms with Crippen LogP contribution in [0.4, 0.5) is 19.1 Å². The molecule has 1 aliphatic heterocycles. The van der Waals surface area contributed by atoms with Crippen LogP contribution in [0.2, 0.25) is 5.02 Å². The highest BCUT2D eigenvalue weighted by Crippen LogP contribution is 2.34. The van der Waals surface area contributed by atoms with E-state index in [0.717, 1.165) is 5.69 Å². The molecule has 0 bridgehead atoms. The van der Waals surface area contributed by atoms with Crippen molar-refractivity contribution < 1.29 is 26.7 Å². The highest BCUT2D eigenvalue weighted by molar-refractivity contribution is 7.90. The van der Waals surface area contributed by atoms with Gasteiger partial charge in [0.15, 0.2) is 0 Å². The van der Waals surface area contributed by atoms with Crippen LogP contribution in [0.3, 0.4) is 0 Å². The van der Waals surface area contributed by atoms with Crippen molar-refractivity contribution in [3.05, 3.63) is 22.5 Å². The van der Waals surface area contributed by atoms with E-state index in [1.165, 1.54) is 0 Å². The summed E-state index contributed by atoms with van der Waals surface area (Å²) in [4.78, 5) is 3.91. The minimum absolute atomic E-state index is 0.147. The van der Waals surface area contributed by atoms with E-state index in [1.54, 1.807) is 10.7 Å². The zero-order chi connectivity index (χ0) is 24.4. The zero-order valence-electron chi connectivity index (χ0n) is 17.6. The number of aliphatic hydroxyl groups excluding tert-OH is 1. The fourth-order valence-corrected chi connectivity index (χ4v) is 4.47. The summed E-state index contributed by atoms with van der Waals surface area (Å²) >= 11 is 6.20. The molecule has 2 aromatic heterocycles. The summed E-state index contributed by atoms with van der Waals surface area (Å²) in [5.41, 5.74) is 2.19. The molecule has 32 heavy (non-hydrogen) atoms. The Morgan fingerprint density at radius 1 is 1.38 bits per heavy atom. The smallest absolute Gasteiger partial charge is 0.392 e. The van der Waals surface area contributed by atoms with Crippen LogP contribution in [0.1, 0.15) is 50.8 Å². The van der Waals surface area contributed by atoms with Gasteiger partial charge in [-0.05, 0) is 18.8 Å². The number of nitrogens with two attached hydrogens (primary N) is 1. The SMILES string of the molecule is CC(C)C(C)c1c(C#N)c(Cl)c2cnc(N)nn12.O=S(=O)(N1CCCC(O)C1)C(F)(F)F. The minimum atomic E-state index is -5.27. The number of β-amino-alcohol motifs (C(OH)–C–C–N with tert-alkyl or cyclic N) is 1. The number of hydrogen-bond acceptors (Lipinski definition) is 7. The molecule has 2 atom stereocenters. The molecule has 0 amide bonds. The average Bonchev–Trinajstić information content (AvgIpc) is 2.97. The number of nitrogens with zero attached hydrogens (tertiary/aromatic N) is 5. The molecule has 3 heterocycles. The van der Waals surface area contributed by atoms with Crippen LogP contribution in [0.15, 0.2) is 6.20 Å². The van der Waals surface area contributed by atoms with Crippen molar-refractivity contribution in [1.82, 2.24) is 18.9 Å². The first kappa shape index (κ1) is 26.1. The molecule has 178 valence electrons. The summed E-state index contributed by atoms with van der Waals surface area (Å²) in [6.07, 6.45) is 1.13. The van der Waals surface area contributed by atoms with Crippen LogP contribution in [0.5, 0.6) is 0 Å². The molecular weight excluding hydrogens is 473 g/mol. The van der Waals surface area contributed by atoms with Gasteiger partial charge in [0, 0.05) is 19.0 Å². The van der Waals surface area contributed by atoms with Crippen LogP contribution in [0, 0.1) is 17.2 Å². The first-order valence-electron chi connectivity index (χ1n) is 9.69. The van der Waals surface area contributed by atoms with Gasteiger partial charge in [-0.25, -0.2) is 17.9 Å². The van der Waals surface area contributed by atoms with E-state index >= 15 is 0 Å². The Balaban J connectivity index is 0.000000235. The number of aliphatic hydroxyl groups is 1. The van der Waals surface area contributed by atoms with Gasteiger partial charge in [0.1, 0.15) is 11.6 Å². The Morgan fingerprint density at radius 2 is 2.00 bits per heavy atom. The topological polar surface area (TPSA) is 138 Å². The fraction of sp³-hybridized carbons (Fsp3) is 0.611. The van der Waals surface area contributed by atoms with Crippen molar-refractivity contribution in [3.8, 4) is 6.07 Å². The van der Waals surface area contributed by atoms with E-state index in [-0.39, 0.29) is 29.1 Å². The molecule has 1 aliphatic rings. The van der Waals surface area contributed by atoms with Gasteiger partial charge in [-0.2, -0.15) is 22.7 Å². The molecule has 0 saturated carbocycles. The highest BCUT2D eigenvalue weighted by Gasteiger charge is 2.50. The summed E-state index contributed by atoms with van der Waals surface area (Å²) in [7, 11) is -5.26. The lowest BCUT2D eigenvalue weighted by molar-refractivity contribution is -0.0508. The maximum atomic E-state index is 12.0. The van der Waals surface area contributed by atoms with E-state index in [9.17, 15) is 26.9 Å². The number of aromatic nitrogens is 3. The molecule has 2 aromatic rings. The van der Waals surface area contributed by atoms with Gasteiger partial charge < -0.3 is 10.8 Å². The van der Waals surface area contributed by atoms with E-state index < -0.39 is 28.2 Å². The molecule has 0 aromatic carbocycles. The largest absolute Gasteiger partial charge is 0.511 e. The van der Waals surface area contributed by atoms with Crippen LogP contribution >= 0.6 is 11.6 Å². The van der Waals surface area contributed by atoms with Crippen molar-refractivity contribution in [1.29, 1.82) is 5.26 Å². The van der Waals surface area contributed by atoms with E-state index in [0.29, 0.717) is 28.4 Å². The standard InChI is InChI=1S/C12H14ClN5.C6H10F3NO3S/c1-6(2)7(3)11-8(4-14)10(13)9-5-16-12(15)17-18(9)11;7-6(8,9)14(12,13)10-3-1-2-5(11)4-10/h5-7H,1-3H3,(H2,15,17);5,11H,1-4H2. The van der Waals surface area contributed by atoms with Gasteiger partial charge in [0.25, 0.3) is 0 Å². The molecule has 9 nitrogen and oxygen atoms in total. The molecule has 14 heteroatoms. The number of hydrogen-bond donors (Lipinski definition) is 2. The van der Waals surface area contributed by atoms with E-state index in [1.807, 2.05) is 6.92 Å². The number of rotatable bonds is 3. The lowest BCUT2D eigenvalue weighted by atomic mass is 9.93. The quantitative estimate of drug-likeness (QED) is 0.666. The Morgan fingerprint density at radius 3 is 2.50 bits per heavy atom. The summed E-state index contributed by atoms with van der Waals surface area (Å²) in [5, 5.41) is 22.9. The second-order valence-corrected chi connectivity index (χ2v) is 10.0. The number of anilines is 1. The van der Waals surface area contributed by atoms with Gasteiger partial charge in [-0.1, -0.05) is 32.4 Å². The highest BCUT2D eigenvalue weighted by atomic mass is 35.5. The second kappa shape index (κ2) is 9.78. The average molecular weight is 497 g/mol. The normalized spacial score (nSPS) is 18.8. The van der Waals surface area contributed by atoms with Gasteiger partial charge in [0.05, 0.1) is 28.6 Å².